The van der Waals surface area contributed by atoms with Crippen LogP contribution in [0.3, 0.4) is 0 Å². The van der Waals surface area contributed by atoms with Gasteiger partial charge in [-0.2, -0.15) is 5.26 Å². The van der Waals surface area contributed by atoms with Gasteiger partial charge in [-0.05, 0) is 31.2 Å². The molecule has 0 aromatic heterocycles. The Labute approximate surface area is 134 Å². The van der Waals surface area contributed by atoms with Crippen LogP contribution in [0, 0.1) is 11.3 Å². The summed E-state index contributed by atoms with van der Waals surface area (Å²) in [5, 5.41) is 11.7. The molecule has 0 aliphatic carbocycles. The molecule has 0 saturated heterocycles. The van der Waals surface area contributed by atoms with Crippen molar-refractivity contribution in [1.82, 2.24) is 10.9 Å². The van der Waals surface area contributed by atoms with E-state index in [0.717, 1.165) is 17.6 Å². The highest BCUT2D eigenvalue weighted by atomic mass is 16.5. The number of nitrogens with zero attached hydrogens (tertiary/aromatic N) is 1. The molecular weight excluding hydrogens is 300 g/mol. The summed E-state index contributed by atoms with van der Waals surface area (Å²) < 4.78 is 9.70. The van der Waals surface area contributed by atoms with E-state index in [9.17, 15) is 9.59 Å². The summed E-state index contributed by atoms with van der Waals surface area (Å²) >= 11 is 0. The molecule has 0 unspecified atom stereocenters. The number of hydrogen-bond acceptors (Lipinski definition) is 7. The SMILES string of the molecule is CCOC(=O)/C(C#N)=C/NNC(=O)CNc1ccc(OC)cc1. The molecule has 122 valence electrons. The van der Waals surface area contributed by atoms with Gasteiger partial charge in [0.25, 0.3) is 5.91 Å². The molecule has 8 heteroatoms. The Morgan fingerprint density at radius 3 is 2.57 bits per heavy atom. The number of nitrogens with one attached hydrogen (secondary N) is 3. The molecule has 0 aliphatic rings. The first-order valence-corrected chi connectivity index (χ1v) is 6.80. The molecule has 1 aromatic carbocycles. The molecule has 0 atom stereocenters. The van der Waals surface area contributed by atoms with Gasteiger partial charge in [-0.15, -0.1) is 0 Å². The lowest BCUT2D eigenvalue weighted by atomic mass is 10.3. The third-order valence-electron chi connectivity index (χ3n) is 2.59. The van der Waals surface area contributed by atoms with Crippen LogP contribution in [-0.4, -0.2) is 32.1 Å². The molecule has 8 nitrogen and oxygen atoms in total. The van der Waals surface area contributed by atoms with Gasteiger partial charge in [0.1, 0.15) is 11.8 Å². The Kier molecular flexibility index (Phi) is 7.51. The topological polar surface area (TPSA) is 112 Å². The maximum Gasteiger partial charge on any atom is 0.350 e. The average Bonchev–Trinajstić information content (AvgIpc) is 2.57. The quantitative estimate of drug-likeness (QED) is 0.280. The van der Waals surface area contributed by atoms with Crippen LogP contribution in [0.1, 0.15) is 6.92 Å². The number of carbonyl (C=O) groups excluding carboxylic acids is 2. The second kappa shape index (κ2) is 9.68. The van der Waals surface area contributed by atoms with Gasteiger partial charge in [0.15, 0.2) is 5.57 Å². The minimum Gasteiger partial charge on any atom is -0.497 e. The number of esters is 1. The van der Waals surface area contributed by atoms with Gasteiger partial charge >= 0.3 is 5.97 Å². The molecule has 0 bridgehead atoms. The first-order valence-electron chi connectivity index (χ1n) is 6.80. The first-order chi connectivity index (χ1) is 11.1. The van der Waals surface area contributed by atoms with Crippen molar-refractivity contribution in [2.45, 2.75) is 6.92 Å². The van der Waals surface area contributed by atoms with Crippen LogP contribution in [0.5, 0.6) is 5.75 Å². The van der Waals surface area contributed by atoms with Gasteiger partial charge in [-0.25, -0.2) is 4.79 Å². The second-order valence-electron chi connectivity index (χ2n) is 4.16. The number of hydrazine groups is 1. The highest BCUT2D eigenvalue weighted by Crippen LogP contribution is 2.14. The Hall–Kier alpha value is -3.21. The number of methoxy groups -OCH3 is 1. The molecule has 1 rings (SSSR count). The number of anilines is 1. The Bertz CT molecular complexity index is 605. The number of ether oxygens (including phenoxy) is 2. The zero-order valence-corrected chi connectivity index (χ0v) is 12.9. The van der Waals surface area contributed by atoms with Gasteiger partial charge in [0.05, 0.1) is 20.3 Å². The van der Waals surface area contributed by atoms with Crippen molar-refractivity contribution in [1.29, 1.82) is 5.26 Å². The largest absolute Gasteiger partial charge is 0.497 e. The minimum absolute atomic E-state index is 0.00839. The van der Waals surface area contributed by atoms with E-state index in [1.165, 1.54) is 0 Å². The summed E-state index contributed by atoms with van der Waals surface area (Å²) in [6, 6.07) is 8.75. The highest BCUT2D eigenvalue weighted by molar-refractivity contribution is 5.92. The molecule has 0 radical (unpaired) electrons. The fourth-order valence-corrected chi connectivity index (χ4v) is 1.47. The van der Waals surface area contributed by atoms with Gasteiger partial charge in [-0.1, -0.05) is 0 Å². The standard InChI is InChI=1S/C15H18N4O4/c1-3-23-15(21)11(8-16)9-18-19-14(20)10-17-12-4-6-13(22-2)7-5-12/h4-7,9,17-18H,3,10H2,1-2H3,(H,19,20)/b11-9+. The van der Waals surface area contributed by atoms with Crippen molar-refractivity contribution < 1.29 is 19.1 Å². The van der Waals surface area contributed by atoms with Gasteiger partial charge in [0, 0.05) is 11.9 Å². The van der Waals surface area contributed by atoms with Crippen LogP contribution in [0.15, 0.2) is 36.0 Å². The fraction of sp³-hybridized carbons (Fsp3) is 0.267. The summed E-state index contributed by atoms with van der Waals surface area (Å²) in [4.78, 5) is 22.9. The number of carbonyl (C=O) groups is 2. The van der Waals surface area contributed by atoms with E-state index >= 15 is 0 Å². The van der Waals surface area contributed by atoms with Gasteiger partial charge < -0.3 is 20.2 Å². The molecule has 1 amide bonds. The Morgan fingerprint density at radius 1 is 1.30 bits per heavy atom. The summed E-state index contributed by atoms with van der Waals surface area (Å²) in [6.45, 7) is 1.80. The highest BCUT2D eigenvalue weighted by Gasteiger charge is 2.09. The number of nitriles is 1. The van der Waals surface area contributed by atoms with Crippen LogP contribution in [-0.2, 0) is 14.3 Å². The number of amides is 1. The van der Waals surface area contributed by atoms with Gasteiger partial charge in [0.2, 0.25) is 0 Å². The summed E-state index contributed by atoms with van der Waals surface area (Å²) in [5.74, 6) is -0.416. The van der Waals surface area contributed by atoms with E-state index < -0.39 is 5.97 Å². The third kappa shape index (κ3) is 6.39. The van der Waals surface area contributed by atoms with E-state index in [1.807, 2.05) is 0 Å². The number of rotatable bonds is 8. The molecule has 0 fully saturated rings. The van der Waals surface area contributed by atoms with E-state index in [4.69, 9.17) is 10.00 Å². The van der Waals surface area contributed by atoms with Crippen molar-refractivity contribution in [3.8, 4) is 11.8 Å². The second-order valence-corrected chi connectivity index (χ2v) is 4.16. The molecule has 3 N–H and O–H groups in total. The molecule has 0 aliphatic heterocycles. The van der Waals surface area contributed by atoms with Crippen LogP contribution < -0.4 is 20.9 Å². The maximum absolute atomic E-state index is 11.6. The summed E-state index contributed by atoms with van der Waals surface area (Å²) in [5.41, 5.74) is 5.22. The maximum atomic E-state index is 11.6. The number of benzene rings is 1. The van der Waals surface area contributed by atoms with Crippen LogP contribution >= 0.6 is 0 Å². The third-order valence-corrected chi connectivity index (χ3v) is 2.59. The van der Waals surface area contributed by atoms with Gasteiger partial charge in [-0.3, -0.25) is 10.2 Å². The van der Waals surface area contributed by atoms with Crippen molar-refractivity contribution in [2.24, 2.45) is 0 Å². The predicted molar refractivity (Wildman–Crippen MR) is 83.1 cm³/mol. The Morgan fingerprint density at radius 2 is 2.00 bits per heavy atom. The fourth-order valence-electron chi connectivity index (χ4n) is 1.47. The minimum atomic E-state index is -0.756. The summed E-state index contributed by atoms with van der Waals surface area (Å²) in [7, 11) is 1.57. The van der Waals surface area contributed by atoms with E-state index in [2.05, 4.69) is 20.9 Å². The van der Waals surface area contributed by atoms with E-state index in [1.54, 1.807) is 44.4 Å². The van der Waals surface area contributed by atoms with Crippen molar-refractivity contribution in [3.05, 3.63) is 36.0 Å². The first kappa shape index (κ1) is 17.8. The number of hydrogen-bond donors (Lipinski definition) is 3. The lowest BCUT2D eigenvalue weighted by Gasteiger charge is -2.08. The summed E-state index contributed by atoms with van der Waals surface area (Å²) in [6.07, 6.45) is 1.07. The predicted octanol–water partition coefficient (Wildman–Crippen LogP) is 0.698. The van der Waals surface area contributed by atoms with E-state index in [0.29, 0.717) is 0 Å². The lowest BCUT2D eigenvalue weighted by molar-refractivity contribution is -0.138. The average molecular weight is 318 g/mol. The molecule has 1 aromatic rings. The molecule has 0 saturated carbocycles. The van der Waals surface area contributed by atoms with Crippen LogP contribution in [0.4, 0.5) is 5.69 Å². The smallest absolute Gasteiger partial charge is 0.350 e. The molecule has 0 spiro atoms. The zero-order chi connectivity index (χ0) is 17.1. The lowest BCUT2D eigenvalue weighted by Crippen LogP contribution is -2.38. The van der Waals surface area contributed by atoms with Crippen molar-refractivity contribution in [3.63, 3.8) is 0 Å². The molecule has 0 heterocycles. The monoisotopic (exact) mass is 318 g/mol. The van der Waals surface area contributed by atoms with Crippen LogP contribution in [0.25, 0.3) is 0 Å². The normalized spacial score (nSPS) is 10.2. The molecule has 23 heavy (non-hydrogen) atoms. The Balaban J connectivity index is 2.38. The zero-order valence-electron chi connectivity index (χ0n) is 12.9. The van der Waals surface area contributed by atoms with E-state index in [-0.39, 0.29) is 24.6 Å². The van der Waals surface area contributed by atoms with Crippen molar-refractivity contribution >= 4 is 17.6 Å². The molecular formula is C15H18N4O4. The van der Waals surface area contributed by atoms with Crippen LogP contribution in [0.2, 0.25) is 0 Å². The van der Waals surface area contributed by atoms with Crippen molar-refractivity contribution in [2.75, 3.05) is 25.6 Å².